The molecule has 7 heteroatoms. The third-order valence-corrected chi connectivity index (χ3v) is 4.00. The van der Waals surface area contributed by atoms with Crippen molar-refractivity contribution < 1.29 is 13.6 Å². The van der Waals surface area contributed by atoms with Crippen molar-refractivity contribution in [2.24, 2.45) is 0 Å². The summed E-state index contributed by atoms with van der Waals surface area (Å²) in [5.74, 6) is -3.06. The van der Waals surface area contributed by atoms with Crippen molar-refractivity contribution in [3.05, 3.63) is 58.1 Å². The van der Waals surface area contributed by atoms with E-state index in [1.165, 1.54) is 23.5 Å². The van der Waals surface area contributed by atoms with E-state index in [9.17, 15) is 13.6 Å². The van der Waals surface area contributed by atoms with Crippen LogP contribution in [0.5, 0.6) is 0 Å². The number of halogens is 3. The van der Waals surface area contributed by atoms with E-state index in [1.807, 2.05) is 0 Å². The number of thiazole rings is 1. The number of nitrogens with one attached hydrogen (secondary N) is 1. The van der Waals surface area contributed by atoms with Crippen LogP contribution in [0.25, 0.3) is 10.2 Å². The van der Waals surface area contributed by atoms with E-state index in [1.54, 1.807) is 17.6 Å². The van der Waals surface area contributed by atoms with Gasteiger partial charge in [0.15, 0.2) is 11.6 Å². The second kappa shape index (κ2) is 5.38. The van der Waals surface area contributed by atoms with Crippen LogP contribution < -0.4 is 5.32 Å². The molecule has 3 nitrogen and oxygen atoms in total. The summed E-state index contributed by atoms with van der Waals surface area (Å²) in [7, 11) is 0. The van der Waals surface area contributed by atoms with Crippen LogP contribution in [0.15, 0.2) is 35.8 Å². The van der Waals surface area contributed by atoms with E-state index >= 15 is 0 Å². The van der Waals surface area contributed by atoms with Gasteiger partial charge in [0.2, 0.25) is 0 Å². The van der Waals surface area contributed by atoms with Crippen LogP contribution in [0.3, 0.4) is 0 Å². The van der Waals surface area contributed by atoms with Gasteiger partial charge in [-0.15, -0.1) is 11.3 Å². The van der Waals surface area contributed by atoms with Gasteiger partial charge in [-0.25, -0.2) is 13.8 Å². The maximum Gasteiger partial charge on any atom is 0.258 e. The number of rotatable bonds is 2. The van der Waals surface area contributed by atoms with Gasteiger partial charge in [0.05, 0.1) is 26.5 Å². The minimum Gasteiger partial charge on any atom is -0.319 e. The van der Waals surface area contributed by atoms with Crippen molar-refractivity contribution in [1.82, 2.24) is 4.98 Å². The summed E-state index contributed by atoms with van der Waals surface area (Å²) in [5.41, 5.74) is 2.01. The first-order valence-electron chi connectivity index (χ1n) is 5.85. The third-order valence-electron chi connectivity index (χ3n) is 2.89. The first kappa shape index (κ1) is 13.9. The summed E-state index contributed by atoms with van der Waals surface area (Å²) >= 11 is 7.43. The van der Waals surface area contributed by atoms with Gasteiger partial charge >= 0.3 is 0 Å². The standard InChI is InChI=1S/C14H7ClF2N2OS/c15-8-4-5-10-13(18-6-21-10)12(8)19-14(20)7-2-1-3-9(16)11(7)17/h1-6H,(H,19,20). The number of nitrogens with zero attached hydrogens (tertiary/aromatic N) is 1. The number of carbonyl (C=O) groups excluding carboxylic acids is 1. The van der Waals surface area contributed by atoms with Crippen LogP contribution >= 0.6 is 22.9 Å². The number of fused-ring (bicyclic) bond motifs is 1. The van der Waals surface area contributed by atoms with Crippen LogP contribution in [0, 0.1) is 11.6 Å². The fourth-order valence-corrected chi connectivity index (χ4v) is 2.77. The first-order valence-corrected chi connectivity index (χ1v) is 7.11. The second-order valence-corrected chi connectivity index (χ2v) is 5.47. The predicted octanol–water partition coefficient (Wildman–Crippen LogP) is 4.48. The molecule has 3 rings (SSSR count). The summed E-state index contributed by atoms with van der Waals surface area (Å²) in [4.78, 5) is 16.2. The minimum absolute atomic E-state index is 0.276. The lowest BCUT2D eigenvalue weighted by Crippen LogP contribution is -2.15. The molecule has 1 aromatic heterocycles. The molecule has 0 saturated carbocycles. The van der Waals surface area contributed by atoms with Crippen LogP contribution in [0.4, 0.5) is 14.5 Å². The monoisotopic (exact) mass is 324 g/mol. The quantitative estimate of drug-likeness (QED) is 0.755. The van der Waals surface area contributed by atoms with E-state index < -0.39 is 23.1 Å². The van der Waals surface area contributed by atoms with Gasteiger partial charge in [0, 0.05) is 0 Å². The molecule has 0 atom stereocenters. The minimum atomic E-state index is -1.20. The number of anilines is 1. The average Bonchev–Trinajstić information content (AvgIpc) is 2.93. The van der Waals surface area contributed by atoms with Crippen molar-refractivity contribution in [2.75, 3.05) is 5.32 Å². The molecule has 0 aliphatic rings. The molecular weight excluding hydrogens is 318 g/mol. The van der Waals surface area contributed by atoms with Crippen LogP contribution in [0.2, 0.25) is 5.02 Å². The molecule has 0 saturated heterocycles. The second-order valence-electron chi connectivity index (χ2n) is 4.18. The van der Waals surface area contributed by atoms with Crippen LogP contribution in [-0.2, 0) is 0 Å². The summed E-state index contributed by atoms with van der Waals surface area (Å²) in [6.45, 7) is 0. The number of amides is 1. The summed E-state index contributed by atoms with van der Waals surface area (Å²) < 4.78 is 27.6. The Kier molecular flexibility index (Phi) is 3.57. The van der Waals surface area contributed by atoms with E-state index in [0.29, 0.717) is 5.52 Å². The van der Waals surface area contributed by atoms with Crippen LogP contribution in [-0.4, -0.2) is 10.9 Å². The fourth-order valence-electron chi connectivity index (χ4n) is 1.89. The molecule has 1 amide bonds. The average molecular weight is 325 g/mol. The Hall–Kier alpha value is -2.05. The Balaban J connectivity index is 2.02. The van der Waals surface area contributed by atoms with E-state index in [-0.39, 0.29) is 10.7 Å². The normalized spacial score (nSPS) is 10.8. The summed E-state index contributed by atoms with van der Waals surface area (Å²) in [6, 6.07) is 6.79. The maximum absolute atomic E-state index is 13.6. The number of aromatic nitrogens is 1. The van der Waals surface area contributed by atoms with Gasteiger partial charge in [-0.3, -0.25) is 4.79 Å². The number of carbonyl (C=O) groups is 1. The molecule has 21 heavy (non-hydrogen) atoms. The molecule has 0 fully saturated rings. The highest BCUT2D eigenvalue weighted by Gasteiger charge is 2.18. The highest BCUT2D eigenvalue weighted by atomic mass is 35.5. The van der Waals surface area contributed by atoms with E-state index in [0.717, 1.165) is 10.8 Å². The Morgan fingerprint density at radius 2 is 2.05 bits per heavy atom. The van der Waals surface area contributed by atoms with Crippen LogP contribution in [0.1, 0.15) is 10.4 Å². The Labute approximate surface area is 127 Å². The molecule has 2 aromatic carbocycles. The highest BCUT2D eigenvalue weighted by Crippen LogP contribution is 2.32. The van der Waals surface area contributed by atoms with Gasteiger partial charge in [-0.2, -0.15) is 0 Å². The van der Waals surface area contributed by atoms with Gasteiger partial charge in [-0.1, -0.05) is 17.7 Å². The summed E-state index contributed by atoms with van der Waals surface area (Å²) in [5, 5.41) is 2.77. The predicted molar refractivity (Wildman–Crippen MR) is 78.9 cm³/mol. The largest absolute Gasteiger partial charge is 0.319 e. The van der Waals surface area contributed by atoms with Gasteiger partial charge in [0.1, 0.15) is 5.52 Å². The molecule has 106 valence electrons. The SMILES string of the molecule is O=C(Nc1c(Cl)ccc2scnc12)c1cccc(F)c1F. The maximum atomic E-state index is 13.6. The zero-order chi connectivity index (χ0) is 15.0. The zero-order valence-corrected chi connectivity index (χ0v) is 11.9. The lowest BCUT2D eigenvalue weighted by molar-refractivity contribution is 0.102. The van der Waals surface area contributed by atoms with Crippen molar-refractivity contribution in [1.29, 1.82) is 0 Å². The lowest BCUT2D eigenvalue weighted by atomic mass is 10.2. The van der Waals surface area contributed by atoms with Crippen molar-refractivity contribution in [3.63, 3.8) is 0 Å². The molecule has 3 aromatic rings. The molecule has 0 spiro atoms. The number of benzene rings is 2. The topological polar surface area (TPSA) is 42.0 Å². The Bertz CT molecular complexity index is 850. The smallest absolute Gasteiger partial charge is 0.258 e. The van der Waals surface area contributed by atoms with E-state index in [4.69, 9.17) is 11.6 Å². The molecule has 0 unspecified atom stereocenters. The number of hydrogen-bond acceptors (Lipinski definition) is 3. The zero-order valence-electron chi connectivity index (χ0n) is 10.4. The summed E-state index contributed by atoms with van der Waals surface area (Å²) in [6.07, 6.45) is 0. The molecule has 0 aliphatic heterocycles. The molecule has 0 bridgehead atoms. The Morgan fingerprint density at radius 1 is 1.24 bits per heavy atom. The van der Waals surface area contributed by atoms with Gasteiger partial charge < -0.3 is 5.32 Å². The molecule has 1 heterocycles. The van der Waals surface area contributed by atoms with Gasteiger partial charge in [0.25, 0.3) is 5.91 Å². The lowest BCUT2D eigenvalue weighted by Gasteiger charge is -2.09. The molecular formula is C14H7ClF2N2OS. The fraction of sp³-hybridized carbons (Fsp3) is 0. The highest BCUT2D eigenvalue weighted by molar-refractivity contribution is 7.16. The van der Waals surface area contributed by atoms with Crippen molar-refractivity contribution in [2.45, 2.75) is 0 Å². The van der Waals surface area contributed by atoms with Gasteiger partial charge in [-0.05, 0) is 24.3 Å². The first-order chi connectivity index (χ1) is 10.1. The molecule has 1 N–H and O–H groups in total. The van der Waals surface area contributed by atoms with Crippen molar-refractivity contribution in [3.8, 4) is 0 Å². The number of hydrogen-bond donors (Lipinski definition) is 1. The molecule has 0 radical (unpaired) electrons. The van der Waals surface area contributed by atoms with E-state index in [2.05, 4.69) is 10.3 Å². The third kappa shape index (κ3) is 2.48. The Morgan fingerprint density at radius 3 is 2.86 bits per heavy atom. The molecule has 0 aliphatic carbocycles. The van der Waals surface area contributed by atoms with Crippen molar-refractivity contribution >= 4 is 44.7 Å².